The molecule has 0 fully saturated rings. The number of rotatable bonds is 4. The van der Waals surface area contributed by atoms with Crippen molar-refractivity contribution in [3.63, 3.8) is 0 Å². The average Bonchev–Trinajstić information content (AvgIpc) is 2.81. The number of nitrogens with zero attached hydrogens (tertiary/aromatic N) is 2. The molecular formula is C25H24N2O2. The van der Waals surface area contributed by atoms with Gasteiger partial charge < -0.3 is 9.84 Å². The molecule has 0 bridgehead atoms. The maximum atomic E-state index is 10.3. The summed E-state index contributed by atoms with van der Waals surface area (Å²) in [6.45, 7) is 4.00. The van der Waals surface area contributed by atoms with Gasteiger partial charge in [-0.25, -0.2) is 9.97 Å². The van der Waals surface area contributed by atoms with Gasteiger partial charge in [-0.05, 0) is 30.3 Å². The summed E-state index contributed by atoms with van der Waals surface area (Å²) in [6, 6.07) is 26.6. The highest BCUT2D eigenvalue weighted by atomic mass is 16.5. The highest BCUT2D eigenvalue weighted by molar-refractivity contribution is 5.76. The first-order valence-electron chi connectivity index (χ1n) is 9.62. The van der Waals surface area contributed by atoms with E-state index >= 15 is 0 Å². The Morgan fingerprint density at radius 2 is 1.24 bits per heavy atom. The Balaban J connectivity index is 0.00000117. The highest BCUT2D eigenvalue weighted by Gasteiger charge is 2.14. The lowest BCUT2D eigenvalue weighted by molar-refractivity contribution is 0.416. The molecule has 0 unspecified atom stereocenters. The van der Waals surface area contributed by atoms with E-state index in [0.717, 1.165) is 22.6 Å². The molecule has 0 atom stereocenters. The number of benzene rings is 3. The standard InChI is InChI=1S/C23H18N2O2.C2H6/c1-27-22-14-8-6-12-18(22)20-15-19(17-11-5-7-13-21(17)26)24-23(25-20)16-9-3-2-4-10-16;1-2/h2-15,26H,1H3;1-2H3. The van der Waals surface area contributed by atoms with Gasteiger partial charge >= 0.3 is 0 Å². The molecule has 4 rings (SSSR count). The van der Waals surface area contributed by atoms with Gasteiger partial charge in [0.05, 0.1) is 18.5 Å². The molecule has 0 aliphatic carbocycles. The minimum absolute atomic E-state index is 0.182. The lowest BCUT2D eigenvalue weighted by atomic mass is 10.1. The number of aromatic nitrogens is 2. The predicted molar refractivity (Wildman–Crippen MR) is 118 cm³/mol. The second-order valence-electron chi connectivity index (χ2n) is 6.05. The van der Waals surface area contributed by atoms with E-state index in [9.17, 15) is 5.11 Å². The van der Waals surface area contributed by atoms with E-state index in [1.807, 2.05) is 86.6 Å². The van der Waals surface area contributed by atoms with Gasteiger partial charge in [-0.3, -0.25) is 0 Å². The molecule has 4 aromatic rings. The number of ether oxygens (including phenoxy) is 1. The van der Waals surface area contributed by atoms with Crippen molar-refractivity contribution in [1.82, 2.24) is 9.97 Å². The fourth-order valence-corrected chi connectivity index (χ4v) is 2.99. The summed E-state index contributed by atoms with van der Waals surface area (Å²) in [4.78, 5) is 9.47. The zero-order valence-electron chi connectivity index (χ0n) is 16.8. The van der Waals surface area contributed by atoms with E-state index in [2.05, 4.69) is 0 Å². The molecule has 29 heavy (non-hydrogen) atoms. The monoisotopic (exact) mass is 384 g/mol. The summed E-state index contributed by atoms with van der Waals surface area (Å²) >= 11 is 0. The summed E-state index contributed by atoms with van der Waals surface area (Å²) in [5, 5.41) is 10.3. The lowest BCUT2D eigenvalue weighted by Gasteiger charge is -2.12. The minimum atomic E-state index is 0.182. The summed E-state index contributed by atoms with van der Waals surface area (Å²) in [6.07, 6.45) is 0. The van der Waals surface area contributed by atoms with Crippen LogP contribution in [0.5, 0.6) is 11.5 Å². The van der Waals surface area contributed by atoms with Crippen LogP contribution in [0.25, 0.3) is 33.9 Å². The van der Waals surface area contributed by atoms with Gasteiger partial charge in [-0.15, -0.1) is 0 Å². The number of hydrogen-bond acceptors (Lipinski definition) is 4. The number of phenolic OH excluding ortho intramolecular Hbond substituents is 1. The van der Waals surface area contributed by atoms with Gasteiger partial charge in [0, 0.05) is 16.7 Å². The predicted octanol–water partition coefficient (Wildman–Crippen LogP) is 6.22. The normalized spacial score (nSPS) is 10.0. The topological polar surface area (TPSA) is 55.2 Å². The van der Waals surface area contributed by atoms with E-state index in [1.165, 1.54) is 0 Å². The molecule has 0 aliphatic heterocycles. The molecule has 0 aliphatic rings. The van der Waals surface area contributed by atoms with Crippen molar-refractivity contribution in [2.24, 2.45) is 0 Å². The molecule has 0 amide bonds. The third-order valence-electron chi connectivity index (χ3n) is 4.32. The molecule has 0 spiro atoms. The summed E-state index contributed by atoms with van der Waals surface area (Å²) in [5.74, 6) is 1.51. The number of phenols is 1. The van der Waals surface area contributed by atoms with Crippen LogP contribution in [0.2, 0.25) is 0 Å². The smallest absolute Gasteiger partial charge is 0.160 e. The molecule has 146 valence electrons. The second-order valence-corrected chi connectivity index (χ2v) is 6.05. The van der Waals surface area contributed by atoms with E-state index in [4.69, 9.17) is 14.7 Å². The van der Waals surface area contributed by atoms with Gasteiger partial charge in [0.1, 0.15) is 11.5 Å². The largest absolute Gasteiger partial charge is 0.507 e. The third kappa shape index (κ3) is 4.43. The molecule has 0 saturated heterocycles. The first-order valence-corrected chi connectivity index (χ1v) is 9.62. The second kappa shape index (κ2) is 9.51. The Morgan fingerprint density at radius 3 is 1.90 bits per heavy atom. The van der Waals surface area contributed by atoms with Crippen LogP contribution in [0.4, 0.5) is 0 Å². The average molecular weight is 384 g/mol. The molecule has 1 heterocycles. The van der Waals surface area contributed by atoms with E-state index in [0.29, 0.717) is 17.1 Å². The maximum absolute atomic E-state index is 10.3. The SMILES string of the molecule is CC.COc1ccccc1-c1cc(-c2ccccc2O)nc(-c2ccccc2)n1. The van der Waals surface area contributed by atoms with Crippen molar-refractivity contribution in [3.05, 3.63) is 84.9 Å². The van der Waals surface area contributed by atoms with Crippen molar-refractivity contribution in [1.29, 1.82) is 0 Å². The van der Waals surface area contributed by atoms with Crippen LogP contribution >= 0.6 is 0 Å². The quantitative estimate of drug-likeness (QED) is 0.454. The van der Waals surface area contributed by atoms with Gasteiger partial charge in [0.15, 0.2) is 5.82 Å². The maximum Gasteiger partial charge on any atom is 0.160 e. The van der Waals surface area contributed by atoms with Crippen LogP contribution in [0.3, 0.4) is 0 Å². The molecule has 4 heteroatoms. The van der Waals surface area contributed by atoms with Gasteiger partial charge in [0.25, 0.3) is 0 Å². The van der Waals surface area contributed by atoms with Gasteiger partial charge in [0.2, 0.25) is 0 Å². The van der Waals surface area contributed by atoms with Crippen molar-refractivity contribution in [3.8, 4) is 45.4 Å². The molecule has 4 nitrogen and oxygen atoms in total. The minimum Gasteiger partial charge on any atom is -0.507 e. The van der Waals surface area contributed by atoms with Crippen LogP contribution in [-0.4, -0.2) is 22.2 Å². The van der Waals surface area contributed by atoms with Crippen LogP contribution < -0.4 is 4.74 Å². The Morgan fingerprint density at radius 1 is 0.690 bits per heavy atom. The molecule has 1 aromatic heterocycles. The van der Waals surface area contributed by atoms with E-state index in [1.54, 1.807) is 19.2 Å². The first kappa shape index (κ1) is 20.1. The fourth-order valence-electron chi connectivity index (χ4n) is 2.99. The Kier molecular flexibility index (Phi) is 6.59. The van der Waals surface area contributed by atoms with Crippen LogP contribution in [-0.2, 0) is 0 Å². The van der Waals surface area contributed by atoms with Gasteiger partial charge in [-0.1, -0.05) is 68.4 Å². The Hall–Kier alpha value is -3.66. The van der Waals surface area contributed by atoms with E-state index in [-0.39, 0.29) is 5.75 Å². The zero-order chi connectivity index (χ0) is 20.6. The third-order valence-corrected chi connectivity index (χ3v) is 4.32. The van der Waals surface area contributed by atoms with Crippen molar-refractivity contribution >= 4 is 0 Å². The molecular weight excluding hydrogens is 360 g/mol. The summed E-state index contributed by atoms with van der Waals surface area (Å²) < 4.78 is 5.50. The summed E-state index contributed by atoms with van der Waals surface area (Å²) in [7, 11) is 1.64. The fraction of sp³-hybridized carbons (Fsp3) is 0.120. The highest BCUT2D eigenvalue weighted by Crippen LogP contribution is 2.34. The van der Waals surface area contributed by atoms with E-state index < -0.39 is 0 Å². The van der Waals surface area contributed by atoms with Crippen LogP contribution in [0.15, 0.2) is 84.9 Å². The molecule has 3 aromatic carbocycles. The molecule has 0 saturated carbocycles. The molecule has 0 radical (unpaired) electrons. The number of methoxy groups -OCH3 is 1. The van der Waals surface area contributed by atoms with Crippen LogP contribution in [0, 0.1) is 0 Å². The lowest BCUT2D eigenvalue weighted by Crippen LogP contribution is -1.97. The zero-order valence-corrected chi connectivity index (χ0v) is 16.8. The van der Waals surface area contributed by atoms with Crippen molar-refractivity contribution < 1.29 is 9.84 Å². The Bertz CT molecular complexity index is 1080. The number of aromatic hydroxyl groups is 1. The first-order chi connectivity index (χ1) is 14.3. The number of hydrogen-bond donors (Lipinski definition) is 1. The van der Waals surface area contributed by atoms with Crippen LogP contribution in [0.1, 0.15) is 13.8 Å². The van der Waals surface area contributed by atoms with Crippen molar-refractivity contribution in [2.45, 2.75) is 13.8 Å². The number of para-hydroxylation sites is 2. The summed E-state index contributed by atoms with van der Waals surface area (Å²) in [5.41, 5.74) is 3.83. The Labute approximate surface area is 171 Å². The molecule has 1 N–H and O–H groups in total. The van der Waals surface area contributed by atoms with Crippen molar-refractivity contribution in [2.75, 3.05) is 7.11 Å². The van der Waals surface area contributed by atoms with Gasteiger partial charge in [-0.2, -0.15) is 0 Å².